The Balaban J connectivity index is 2.08. The Bertz CT molecular complexity index is 569. The van der Waals surface area contributed by atoms with Crippen LogP contribution in [0.25, 0.3) is 0 Å². The first-order valence-corrected chi connectivity index (χ1v) is 7.33. The van der Waals surface area contributed by atoms with Gasteiger partial charge in [0.05, 0.1) is 0 Å². The second-order valence-corrected chi connectivity index (χ2v) is 5.28. The molecule has 0 spiro atoms. The van der Waals surface area contributed by atoms with Crippen molar-refractivity contribution < 1.29 is 13.2 Å². The van der Waals surface area contributed by atoms with E-state index in [4.69, 9.17) is 0 Å². The third kappa shape index (κ3) is 4.59. The summed E-state index contributed by atoms with van der Waals surface area (Å²) in [6, 6.07) is 5.40. The Hall–Kier alpha value is -1.83. The largest absolute Gasteiger partial charge is 0.451 e. The fourth-order valence-electron chi connectivity index (χ4n) is 1.70. The fourth-order valence-corrected chi connectivity index (χ4v) is 2.41. The lowest BCUT2D eigenvalue weighted by molar-refractivity contribution is -0.144. The number of nitrogens with zero attached hydrogens (tertiary/aromatic N) is 2. The SMILES string of the molecule is CCNc1cc(NCCc2cccs2)nc(C(F)(F)F)n1. The molecule has 114 valence electrons. The molecule has 0 aliphatic heterocycles. The Labute approximate surface area is 124 Å². The summed E-state index contributed by atoms with van der Waals surface area (Å²) >= 11 is 1.61. The fraction of sp³-hybridized carbons (Fsp3) is 0.385. The molecular weight excluding hydrogens is 301 g/mol. The van der Waals surface area contributed by atoms with E-state index in [1.807, 2.05) is 17.5 Å². The van der Waals surface area contributed by atoms with E-state index in [0.29, 0.717) is 13.1 Å². The van der Waals surface area contributed by atoms with Crippen LogP contribution >= 0.6 is 11.3 Å². The van der Waals surface area contributed by atoms with Crippen molar-refractivity contribution in [2.45, 2.75) is 19.5 Å². The number of rotatable bonds is 6. The molecule has 21 heavy (non-hydrogen) atoms. The molecule has 2 rings (SSSR count). The Morgan fingerprint density at radius 1 is 1.19 bits per heavy atom. The van der Waals surface area contributed by atoms with E-state index in [-0.39, 0.29) is 11.6 Å². The maximum Gasteiger partial charge on any atom is 0.451 e. The van der Waals surface area contributed by atoms with E-state index >= 15 is 0 Å². The molecule has 0 amide bonds. The van der Waals surface area contributed by atoms with Crippen molar-refractivity contribution in [2.24, 2.45) is 0 Å². The van der Waals surface area contributed by atoms with Crippen LogP contribution in [0.3, 0.4) is 0 Å². The van der Waals surface area contributed by atoms with Crippen LogP contribution in [0.1, 0.15) is 17.6 Å². The smallest absolute Gasteiger partial charge is 0.370 e. The van der Waals surface area contributed by atoms with Gasteiger partial charge in [-0.1, -0.05) is 6.07 Å². The van der Waals surface area contributed by atoms with Crippen LogP contribution in [0, 0.1) is 0 Å². The first-order chi connectivity index (χ1) is 9.99. The lowest BCUT2D eigenvalue weighted by atomic mass is 10.3. The van der Waals surface area contributed by atoms with Gasteiger partial charge < -0.3 is 10.6 Å². The highest BCUT2D eigenvalue weighted by Gasteiger charge is 2.35. The lowest BCUT2D eigenvalue weighted by Crippen LogP contribution is -2.16. The monoisotopic (exact) mass is 316 g/mol. The first-order valence-electron chi connectivity index (χ1n) is 6.45. The van der Waals surface area contributed by atoms with E-state index in [1.165, 1.54) is 10.9 Å². The average molecular weight is 316 g/mol. The van der Waals surface area contributed by atoms with Crippen LogP contribution in [-0.4, -0.2) is 23.1 Å². The van der Waals surface area contributed by atoms with Gasteiger partial charge in [-0.2, -0.15) is 13.2 Å². The van der Waals surface area contributed by atoms with Gasteiger partial charge in [0.1, 0.15) is 11.6 Å². The summed E-state index contributed by atoms with van der Waals surface area (Å²) in [5.41, 5.74) is 0. The quantitative estimate of drug-likeness (QED) is 0.854. The number of hydrogen-bond acceptors (Lipinski definition) is 5. The van der Waals surface area contributed by atoms with Gasteiger partial charge in [-0.3, -0.25) is 0 Å². The first kappa shape index (κ1) is 15.6. The van der Waals surface area contributed by atoms with Crippen molar-refractivity contribution in [3.8, 4) is 0 Å². The summed E-state index contributed by atoms with van der Waals surface area (Å²) in [6.45, 7) is 2.79. The minimum absolute atomic E-state index is 0.165. The summed E-state index contributed by atoms with van der Waals surface area (Å²) in [7, 11) is 0. The predicted octanol–water partition coefficient (Wildman–Crippen LogP) is 3.64. The van der Waals surface area contributed by atoms with E-state index in [1.54, 1.807) is 18.3 Å². The highest BCUT2D eigenvalue weighted by atomic mass is 32.1. The van der Waals surface area contributed by atoms with Crippen molar-refractivity contribution in [2.75, 3.05) is 23.7 Å². The maximum atomic E-state index is 12.8. The highest BCUT2D eigenvalue weighted by molar-refractivity contribution is 7.09. The molecule has 2 aromatic rings. The molecule has 0 bridgehead atoms. The van der Waals surface area contributed by atoms with Gasteiger partial charge >= 0.3 is 6.18 Å². The van der Waals surface area contributed by atoms with E-state index < -0.39 is 12.0 Å². The number of aromatic nitrogens is 2. The van der Waals surface area contributed by atoms with Crippen molar-refractivity contribution in [1.29, 1.82) is 0 Å². The Morgan fingerprint density at radius 2 is 1.90 bits per heavy atom. The van der Waals surface area contributed by atoms with Gasteiger partial charge in [0.15, 0.2) is 0 Å². The summed E-state index contributed by atoms with van der Waals surface area (Å²) in [4.78, 5) is 8.16. The predicted molar refractivity (Wildman–Crippen MR) is 77.7 cm³/mol. The van der Waals surface area contributed by atoms with Crippen molar-refractivity contribution in [3.63, 3.8) is 0 Å². The van der Waals surface area contributed by atoms with E-state index in [9.17, 15) is 13.2 Å². The molecule has 2 heterocycles. The zero-order valence-electron chi connectivity index (χ0n) is 11.4. The lowest BCUT2D eigenvalue weighted by Gasteiger charge is -2.12. The molecule has 8 heteroatoms. The molecule has 0 atom stereocenters. The van der Waals surface area contributed by atoms with Gasteiger partial charge in [-0.15, -0.1) is 11.3 Å². The van der Waals surface area contributed by atoms with Gasteiger partial charge in [0.2, 0.25) is 5.82 Å². The van der Waals surface area contributed by atoms with Gasteiger partial charge in [-0.25, -0.2) is 9.97 Å². The molecule has 0 fully saturated rings. The molecule has 0 unspecified atom stereocenters. The van der Waals surface area contributed by atoms with Crippen LogP contribution in [0.15, 0.2) is 23.6 Å². The molecule has 0 aliphatic rings. The second-order valence-electron chi connectivity index (χ2n) is 4.25. The minimum atomic E-state index is -4.56. The van der Waals surface area contributed by atoms with Gasteiger partial charge in [-0.05, 0) is 24.8 Å². The maximum absolute atomic E-state index is 12.8. The third-order valence-corrected chi connectivity index (χ3v) is 3.53. The molecular formula is C13H15F3N4S. The van der Waals surface area contributed by atoms with Crippen LogP contribution in [0.2, 0.25) is 0 Å². The van der Waals surface area contributed by atoms with Crippen molar-refractivity contribution in [3.05, 3.63) is 34.3 Å². The highest BCUT2D eigenvalue weighted by Crippen LogP contribution is 2.28. The van der Waals surface area contributed by atoms with E-state index in [0.717, 1.165) is 6.42 Å². The summed E-state index contributed by atoms with van der Waals surface area (Å²) in [5.74, 6) is -0.803. The number of thiophene rings is 1. The van der Waals surface area contributed by atoms with Crippen LogP contribution in [0.4, 0.5) is 24.8 Å². The summed E-state index contributed by atoms with van der Waals surface area (Å²) in [5, 5.41) is 7.65. The van der Waals surface area contributed by atoms with Crippen molar-refractivity contribution in [1.82, 2.24) is 9.97 Å². The molecule has 0 aliphatic carbocycles. The average Bonchev–Trinajstić information content (AvgIpc) is 2.91. The topological polar surface area (TPSA) is 49.8 Å². The number of alkyl halides is 3. The molecule has 4 nitrogen and oxygen atoms in total. The Kier molecular flexibility index (Phi) is 5.00. The Morgan fingerprint density at radius 3 is 2.48 bits per heavy atom. The third-order valence-electron chi connectivity index (χ3n) is 2.60. The summed E-state index contributed by atoms with van der Waals surface area (Å²) in [6.07, 6.45) is -3.82. The molecule has 2 aromatic heterocycles. The van der Waals surface area contributed by atoms with Crippen LogP contribution < -0.4 is 10.6 Å². The number of halogens is 3. The normalized spacial score (nSPS) is 11.4. The van der Waals surface area contributed by atoms with Gasteiger partial charge in [0, 0.05) is 24.0 Å². The zero-order valence-corrected chi connectivity index (χ0v) is 12.2. The van der Waals surface area contributed by atoms with Crippen LogP contribution in [-0.2, 0) is 12.6 Å². The number of hydrogen-bond donors (Lipinski definition) is 2. The van der Waals surface area contributed by atoms with Crippen molar-refractivity contribution >= 4 is 23.0 Å². The second kappa shape index (κ2) is 6.75. The van der Waals surface area contributed by atoms with Gasteiger partial charge in [0.25, 0.3) is 0 Å². The number of nitrogens with one attached hydrogen (secondary N) is 2. The zero-order chi connectivity index (χ0) is 15.3. The molecule has 0 radical (unpaired) electrons. The molecule has 0 saturated carbocycles. The van der Waals surface area contributed by atoms with Crippen LogP contribution in [0.5, 0.6) is 0 Å². The summed E-state index contributed by atoms with van der Waals surface area (Å²) < 4.78 is 38.3. The molecule has 0 saturated heterocycles. The molecule has 0 aromatic carbocycles. The minimum Gasteiger partial charge on any atom is -0.370 e. The van der Waals surface area contributed by atoms with E-state index in [2.05, 4.69) is 20.6 Å². The number of anilines is 2. The standard InChI is InChI=1S/C13H15F3N4S/c1-2-17-10-8-11(20-12(19-10)13(14,15)16)18-6-5-9-4-3-7-21-9/h3-4,7-8H,2,5-6H2,1H3,(H2,17,18,19,20). The molecule has 2 N–H and O–H groups in total.